The molecule has 54 valence electrons. The van der Waals surface area contributed by atoms with Gasteiger partial charge in [-0.05, 0) is 12.1 Å². The summed E-state index contributed by atoms with van der Waals surface area (Å²) < 4.78 is 10.8. The lowest BCUT2D eigenvalue weighted by atomic mass is 10.5. The molecule has 1 atom stereocenters. The van der Waals surface area contributed by atoms with Crippen LogP contribution in [0.2, 0.25) is 0 Å². The Morgan fingerprint density at radius 1 is 1.60 bits per heavy atom. The molecule has 0 amide bonds. The molecule has 0 spiro atoms. The third-order valence-corrected chi connectivity index (χ3v) is 2.00. The lowest BCUT2D eigenvalue weighted by Crippen LogP contribution is -1.92. The fraction of sp³-hybridized carbons (Fsp3) is 0.167. The Morgan fingerprint density at radius 3 is 2.70 bits per heavy atom. The van der Waals surface area contributed by atoms with Crippen LogP contribution in [0.3, 0.4) is 0 Å². The second-order valence-electron chi connectivity index (χ2n) is 1.87. The molecule has 0 aliphatic carbocycles. The monoisotopic (exact) mass is 156 g/mol. The van der Waals surface area contributed by atoms with E-state index in [0.29, 0.717) is 10.7 Å². The third-order valence-electron chi connectivity index (χ3n) is 1.09. The summed E-state index contributed by atoms with van der Waals surface area (Å²) in [6, 6.07) is 3.34. The van der Waals surface area contributed by atoms with Crippen LogP contribution in [-0.4, -0.2) is 15.4 Å². The van der Waals surface area contributed by atoms with Gasteiger partial charge in [-0.25, -0.2) is 4.98 Å². The maximum absolute atomic E-state index is 10.8. The lowest BCUT2D eigenvalue weighted by molar-refractivity contribution is 0.686. The van der Waals surface area contributed by atoms with E-state index < -0.39 is 10.8 Å². The van der Waals surface area contributed by atoms with E-state index in [-0.39, 0.29) is 0 Å². The molecule has 1 heterocycles. The van der Waals surface area contributed by atoms with Crippen molar-refractivity contribution in [1.82, 2.24) is 4.98 Å². The Hall–Kier alpha value is -0.900. The first-order chi connectivity index (χ1) is 4.70. The van der Waals surface area contributed by atoms with Crippen molar-refractivity contribution in [2.24, 2.45) is 0 Å². The summed E-state index contributed by atoms with van der Waals surface area (Å²) in [5, 5.41) is 0. The molecule has 3 nitrogen and oxygen atoms in total. The molecule has 0 bridgehead atoms. The molecule has 0 saturated heterocycles. The molecule has 0 saturated carbocycles. The Kier molecular flexibility index (Phi) is 2.01. The minimum absolute atomic E-state index is 0.453. The summed E-state index contributed by atoms with van der Waals surface area (Å²) in [4.78, 5) is 4.49. The Balaban J connectivity index is 3.00. The zero-order valence-electron chi connectivity index (χ0n) is 5.57. The highest BCUT2D eigenvalue weighted by Gasteiger charge is 1.94. The fourth-order valence-electron chi connectivity index (χ4n) is 0.562. The van der Waals surface area contributed by atoms with Gasteiger partial charge in [0.25, 0.3) is 0 Å². The molecule has 0 aliphatic rings. The zero-order valence-corrected chi connectivity index (χ0v) is 6.39. The van der Waals surface area contributed by atoms with Crippen molar-refractivity contribution in [2.45, 2.75) is 4.90 Å². The summed E-state index contributed by atoms with van der Waals surface area (Å²) in [7, 11) is -0.955. The molecule has 1 rings (SSSR count). The summed E-state index contributed by atoms with van der Waals surface area (Å²) in [6.07, 6.45) is 3.12. The van der Waals surface area contributed by atoms with Gasteiger partial charge in [0, 0.05) is 12.5 Å². The largest absolute Gasteiger partial charge is 0.384 e. The van der Waals surface area contributed by atoms with Crippen molar-refractivity contribution < 1.29 is 4.21 Å². The Labute approximate surface area is 61.7 Å². The van der Waals surface area contributed by atoms with E-state index in [4.69, 9.17) is 5.73 Å². The second-order valence-corrected chi connectivity index (χ2v) is 3.25. The minimum Gasteiger partial charge on any atom is -0.384 e. The average molecular weight is 156 g/mol. The van der Waals surface area contributed by atoms with Gasteiger partial charge in [-0.3, -0.25) is 4.21 Å². The number of hydrogen-bond acceptors (Lipinski definition) is 3. The molecule has 0 fully saturated rings. The van der Waals surface area contributed by atoms with Crippen molar-refractivity contribution in [2.75, 3.05) is 12.0 Å². The normalized spacial score (nSPS) is 12.9. The molecule has 1 aromatic heterocycles. The molecule has 10 heavy (non-hydrogen) atoms. The van der Waals surface area contributed by atoms with Crippen molar-refractivity contribution in [3.8, 4) is 0 Å². The Bertz CT molecular complexity index is 244. The highest BCUT2D eigenvalue weighted by molar-refractivity contribution is 7.84. The lowest BCUT2D eigenvalue weighted by Gasteiger charge is -1.94. The van der Waals surface area contributed by atoms with E-state index in [1.807, 2.05) is 0 Å². The standard InChI is InChI=1S/C6H8N2OS/c1-10(9)5-2-3-6(7)8-4-5/h2-4H,1H3,(H2,7,8). The van der Waals surface area contributed by atoms with Gasteiger partial charge >= 0.3 is 0 Å². The smallest absolute Gasteiger partial charge is 0.123 e. The molecule has 0 radical (unpaired) electrons. The molecule has 0 aromatic carbocycles. The highest BCUT2D eigenvalue weighted by Crippen LogP contribution is 2.03. The van der Waals surface area contributed by atoms with E-state index >= 15 is 0 Å². The van der Waals surface area contributed by atoms with Crippen molar-refractivity contribution >= 4 is 16.6 Å². The van der Waals surface area contributed by atoms with Gasteiger partial charge in [0.1, 0.15) is 5.82 Å². The van der Waals surface area contributed by atoms with Crippen LogP contribution in [0.5, 0.6) is 0 Å². The van der Waals surface area contributed by atoms with Crippen molar-refractivity contribution in [1.29, 1.82) is 0 Å². The van der Waals surface area contributed by atoms with Crippen LogP contribution in [0.25, 0.3) is 0 Å². The molecule has 1 unspecified atom stereocenters. The van der Waals surface area contributed by atoms with Crippen LogP contribution in [-0.2, 0) is 10.8 Å². The van der Waals surface area contributed by atoms with Gasteiger partial charge in [0.15, 0.2) is 0 Å². The van der Waals surface area contributed by atoms with Gasteiger partial charge in [-0.15, -0.1) is 0 Å². The van der Waals surface area contributed by atoms with Gasteiger partial charge in [-0.2, -0.15) is 0 Å². The third kappa shape index (κ3) is 1.54. The summed E-state index contributed by atoms with van der Waals surface area (Å²) in [5.74, 6) is 0.453. The van der Waals surface area contributed by atoms with Crippen LogP contribution in [0.4, 0.5) is 5.82 Å². The zero-order chi connectivity index (χ0) is 7.56. The SMILES string of the molecule is CS(=O)c1ccc(N)nc1. The summed E-state index contributed by atoms with van der Waals surface area (Å²) >= 11 is 0. The Morgan fingerprint density at radius 2 is 2.30 bits per heavy atom. The fourth-order valence-corrected chi connectivity index (χ4v) is 1.02. The van der Waals surface area contributed by atoms with Crippen molar-refractivity contribution in [3.05, 3.63) is 18.3 Å². The van der Waals surface area contributed by atoms with Crippen LogP contribution in [0.1, 0.15) is 0 Å². The van der Waals surface area contributed by atoms with Crippen LogP contribution < -0.4 is 5.73 Å². The predicted molar refractivity (Wildman–Crippen MR) is 41.0 cm³/mol. The molecular formula is C6H8N2OS. The summed E-state index contributed by atoms with van der Waals surface area (Å²) in [5.41, 5.74) is 5.32. The molecule has 4 heteroatoms. The average Bonchev–Trinajstić information content (AvgIpc) is 1.88. The minimum atomic E-state index is -0.955. The topological polar surface area (TPSA) is 56.0 Å². The molecule has 1 aromatic rings. The molecular weight excluding hydrogens is 148 g/mol. The summed E-state index contributed by atoms with van der Waals surface area (Å²) in [6.45, 7) is 0. The predicted octanol–water partition coefficient (Wildman–Crippen LogP) is 0.401. The van der Waals surface area contributed by atoms with Crippen LogP contribution >= 0.6 is 0 Å². The second kappa shape index (κ2) is 2.79. The molecule has 0 aliphatic heterocycles. The van der Waals surface area contributed by atoms with E-state index in [2.05, 4.69) is 4.98 Å². The number of anilines is 1. The van der Waals surface area contributed by atoms with E-state index in [9.17, 15) is 4.21 Å². The highest BCUT2D eigenvalue weighted by atomic mass is 32.2. The number of nitrogens with zero attached hydrogens (tertiary/aromatic N) is 1. The number of nitrogens with two attached hydrogens (primary N) is 1. The maximum atomic E-state index is 10.8. The number of pyridine rings is 1. The van der Waals surface area contributed by atoms with Gasteiger partial charge in [-0.1, -0.05) is 0 Å². The number of rotatable bonds is 1. The van der Waals surface area contributed by atoms with Crippen molar-refractivity contribution in [3.63, 3.8) is 0 Å². The van der Waals surface area contributed by atoms with Gasteiger partial charge in [0.05, 0.1) is 15.7 Å². The van der Waals surface area contributed by atoms with Gasteiger partial charge < -0.3 is 5.73 Å². The van der Waals surface area contributed by atoms with Crippen LogP contribution in [0, 0.1) is 0 Å². The van der Waals surface area contributed by atoms with Gasteiger partial charge in [0.2, 0.25) is 0 Å². The van der Waals surface area contributed by atoms with Crippen LogP contribution in [0.15, 0.2) is 23.2 Å². The number of hydrogen-bond donors (Lipinski definition) is 1. The quantitative estimate of drug-likeness (QED) is 0.640. The first-order valence-electron chi connectivity index (χ1n) is 2.75. The first-order valence-corrected chi connectivity index (χ1v) is 4.31. The first kappa shape index (κ1) is 7.21. The number of nitrogen functional groups attached to an aromatic ring is 1. The van der Waals surface area contributed by atoms with E-state index in [0.717, 1.165) is 0 Å². The number of aromatic nitrogens is 1. The van der Waals surface area contributed by atoms with E-state index in [1.54, 1.807) is 18.4 Å². The van der Waals surface area contributed by atoms with E-state index in [1.165, 1.54) is 6.20 Å². The molecule has 2 N–H and O–H groups in total. The maximum Gasteiger partial charge on any atom is 0.123 e.